The fourth-order valence-electron chi connectivity index (χ4n) is 1.37. The second-order valence-corrected chi connectivity index (χ2v) is 3.65. The van der Waals surface area contributed by atoms with Crippen LogP contribution in [0.5, 0.6) is 11.5 Å². The Morgan fingerprint density at radius 2 is 2.26 bits per heavy atom. The number of methoxy groups -OCH3 is 1. The first-order chi connectivity index (χ1) is 8.99. The van der Waals surface area contributed by atoms with Crippen LogP contribution in [-0.2, 0) is 4.79 Å². The predicted octanol–water partition coefficient (Wildman–Crippen LogP) is 0.0555. The van der Waals surface area contributed by atoms with Crippen LogP contribution in [-0.4, -0.2) is 37.6 Å². The molecule has 0 heterocycles. The van der Waals surface area contributed by atoms with Gasteiger partial charge >= 0.3 is 5.69 Å². The smallest absolute Gasteiger partial charge is 0.311 e. The Hall–Kier alpha value is -2.35. The van der Waals surface area contributed by atoms with E-state index >= 15 is 0 Å². The first-order valence-corrected chi connectivity index (χ1v) is 5.41. The molecule has 1 aromatic carbocycles. The quantitative estimate of drug-likeness (QED) is 0.533. The van der Waals surface area contributed by atoms with Gasteiger partial charge in [-0.05, 0) is 13.1 Å². The molecule has 1 aromatic rings. The number of hydrogen-bond donors (Lipinski definition) is 2. The average molecular weight is 269 g/mol. The first kappa shape index (κ1) is 14.7. The van der Waals surface area contributed by atoms with Crippen molar-refractivity contribution in [2.75, 3.05) is 20.8 Å². The molecule has 0 aliphatic heterocycles. The Morgan fingerprint density at radius 1 is 1.58 bits per heavy atom. The minimum Gasteiger partial charge on any atom is -0.497 e. The molecule has 0 bridgehead atoms. The molecule has 19 heavy (non-hydrogen) atoms. The summed E-state index contributed by atoms with van der Waals surface area (Å²) in [5.41, 5.74) is 4.92. The third-order valence-electron chi connectivity index (χ3n) is 2.46. The number of nitrogens with zero attached hydrogens (tertiary/aromatic N) is 1. The molecule has 0 aromatic heterocycles. The number of likely N-dealkylation sites (N-methyl/N-ethyl adjacent to an activating group) is 1. The lowest BCUT2D eigenvalue weighted by molar-refractivity contribution is -0.385. The number of nitro benzene ring substituents is 1. The number of nitrogens with two attached hydrogens (primary N) is 1. The van der Waals surface area contributed by atoms with Crippen molar-refractivity contribution < 1.29 is 19.2 Å². The van der Waals surface area contributed by atoms with Crippen LogP contribution in [0.4, 0.5) is 5.69 Å². The highest BCUT2D eigenvalue weighted by molar-refractivity contribution is 5.80. The van der Waals surface area contributed by atoms with Gasteiger partial charge in [0.15, 0.2) is 0 Å². The van der Waals surface area contributed by atoms with Crippen molar-refractivity contribution in [1.82, 2.24) is 5.32 Å². The number of nitrogens with one attached hydrogen (secondary N) is 1. The van der Waals surface area contributed by atoms with Crippen LogP contribution in [0.1, 0.15) is 0 Å². The van der Waals surface area contributed by atoms with E-state index in [1.54, 1.807) is 7.05 Å². The highest BCUT2D eigenvalue weighted by Crippen LogP contribution is 2.31. The standard InChI is InChI=1S/C11H15N3O5/c1-13-8(11(12)15)6-19-10-5-7(18-2)3-4-9(10)14(16)17/h3-5,8,13H,6H2,1-2H3,(H2,12,15). The molecule has 1 amide bonds. The van der Waals surface area contributed by atoms with Gasteiger partial charge in [0.2, 0.25) is 11.7 Å². The topological polar surface area (TPSA) is 117 Å². The average Bonchev–Trinajstić information content (AvgIpc) is 2.38. The van der Waals surface area contributed by atoms with E-state index in [1.807, 2.05) is 0 Å². The zero-order valence-electron chi connectivity index (χ0n) is 10.6. The molecule has 0 spiro atoms. The van der Waals surface area contributed by atoms with Gasteiger partial charge in [0.05, 0.1) is 12.0 Å². The highest BCUT2D eigenvalue weighted by Gasteiger charge is 2.19. The molecular weight excluding hydrogens is 254 g/mol. The van der Waals surface area contributed by atoms with Crippen molar-refractivity contribution >= 4 is 11.6 Å². The van der Waals surface area contributed by atoms with Gasteiger partial charge in [-0.15, -0.1) is 0 Å². The van der Waals surface area contributed by atoms with Gasteiger partial charge in [-0.3, -0.25) is 14.9 Å². The van der Waals surface area contributed by atoms with Crippen LogP contribution in [0, 0.1) is 10.1 Å². The molecule has 1 unspecified atom stereocenters. The van der Waals surface area contributed by atoms with E-state index in [1.165, 1.54) is 25.3 Å². The predicted molar refractivity (Wildman–Crippen MR) is 67.2 cm³/mol. The maximum atomic E-state index is 11.0. The van der Waals surface area contributed by atoms with Gasteiger partial charge in [0.1, 0.15) is 18.4 Å². The molecule has 3 N–H and O–H groups in total. The third-order valence-corrected chi connectivity index (χ3v) is 2.46. The van der Waals surface area contributed by atoms with Crippen molar-refractivity contribution in [2.24, 2.45) is 5.73 Å². The summed E-state index contributed by atoms with van der Waals surface area (Å²) in [7, 11) is 2.98. The van der Waals surface area contributed by atoms with Crippen LogP contribution in [0.3, 0.4) is 0 Å². The van der Waals surface area contributed by atoms with E-state index < -0.39 is 16.9 Å². The van der Waals surface area contributed by atoms with Crippen molar-refractivity contribution in [3.8, 4) is 11.5 Å². The number of hydrogen-bond acceptors (Lipinski definition) is 6. The number of benzene rings is 1. The van der Waals surface area contributed by atoms with E-state index in [2.05, 4.69) is 5.32 Å². The molecule has 1 atom stereocenters. The third kappa shape index (κ3) is 3.81. The Labute approximate surface area is 109 Å². The van der Waals surface area contributed by atoms with Crippen molar-refractivity contribution in [3.05, 3.63) is 28.3 Å². The van der Waals surface area contributed by atoms with E-state index in [0.29, 0.717) is 5.75 Å². The Bertz CT molecular complexity index is 477. The maximum Gasteiger partial charge on any atom is 0.311 e. The molecule has 8 heteroatoms. The van der Waals surface area contributed by atoms with Crippen LogP contribution < -0.4 is 20.5 Å². The summed E-state index contributed by atoms with van der Waals surface area (Å²) in [5.74, 6) is -0.167. The van der Waals surface area contributed by atoms with Gasteiger partial charge in [-0.2, -0.15) is 0 Å². The summed E-state index contributed by atoms with van der Waals surface area (Å²) < 4.78 is 10.2. The summed E-state index contributed by atoms with van der Waals surface area (Å²) in [6.45, 7) is -0.111. The summed E-state index contributed by atoms with van der Waals surface area (Å²) in [5, 5.41) is 13.5. The molecule has 0 aliphatic carbocycles. The lowest BCUT2D eigenvalue weighted by Crippen LogP contribution is -2.43. The zero-order chi connectivity index (χ0) is 14.4. The largest absolute Gasteiger partial charge is 0.497 e. The van der Waals surface area contributed by atoms with Crippen LogP contribution in [0.25, 0.3) is 0 Å². The minimum atomic E-state index is -0.731. The molecule has 0 fully saturated rings. The number of amides is 1. The van der Waals surface area contributed by atoms with Crippen molar-refractivity contribution in [3.63, 3.8) is 0 Å². The van der Waals surface area contributed by atoms with Gasteiger partial charge in [-0.25, -0.2) is 0 Å². The Balaban J connectivity index is 2.91. The highest BCUT2D eigenvalue weighted by atomic mass is 16.6. The van der Waals surface area contributed by atoms with Crippen molar-refractivity contribution in [2.45, 2.75) is 6.04 Å². The van der Waals surface area contributed by atoms with E-state index in [4.69, 9.17) is 15.2 Å². The zero-order valence-corrected chi connectivity index (χ0v) is 10.6. The van der Waals surface area contributed by atoms with Gasteiger partial charge in [0.25, 0.3) is 0 Å². The SMILES string of the molecule is CNC(COc1cc(OC)ccc1[N+](=O)[O-])C(N)=O. The summed E-state index contributed by atoms with van der Waals surface area (Å²) >= 11 is 0. The van der Waals surface area contributed by atoms with Gasteiger partial charge < -0.3 is 20.5 Å². The van der Waals surface area contributed by atoms with E-state index in [0.717, 1.165) is 0 Å². The molecular formula is C11H15N3O5. The number of ether oxygens (including phenoxy) is 2. The molecule has 0 radical (unpaired) electrons. The van der Waals surface area contributed by atoms with Crippen LogP contribution in [0.2, 0.25) is 0 Å². The number of carbonyl (C=O) groups excluding carboxylic acids is 1. The van der Waals surface area contributed by atoms with Crippen LogP contribution in [0.15, 0.2) is 18.2 Å². The molecule has 0 saturated heterocycles. The second kappa shape index (κ2) is 6.55. The van der Waals surface area contributed by atoms with E-state index in [-0.39, 0.29) is 18.0 Å². The fourth-order valence-corrected chi connectivity index (χ4v) is 1.37. The Morgan fingerprint density at radius 3 is 2.74 bits per heavy atom. The molecule has 104 valence electrons. The minimum absolute atomic E-state index is 0.0193. The second-order valence-electron chi connectivity index (χ2n) is 3.65. The molecule has 0 saturated carbocycles. The fraction of sp³-hybridized carbons (Fsp3) is 0.364. The summed E-state index contributed by atoms with van der Waals surface area (Å²) in [6, 6.07) is 3.37. The van der Waals surface area contributed by atoms with Crippen molar-refractivity contribution in [1.29, 1.82) is 0 Å². The lowest BCUT2D eigenvalue weighted by Gasteiger charge is -2.14. The molecule has 8 nitrogen and oxygen atoms in total. The molecule has 1 rings (SSSR count). The number of carbonyl (C=O) groups is 1. The lowest BCUT2D eigenvalue weighted by atomic mass is 10.2. The van der Waals surface area contributed by atoms with E-state index in [9.17, 15) is 14.9 Å². The number of rotatable bonds is 7. The first-order valence-electron chi connectivity index (χ1n) is 5.41. The number of nitro groups is 1. The Kier molecular flexibility index (Phi) is 5.07. The normalized spacial score (nSPS) is 11.7. The number of primary amides is 1. The van der Waals surface area contributed by atoms with Gasteiger partial charge in [-0.1, -0.05) is 0 Å². The summed E-state index contributed by atoms with van der Waals surface area (Å²) in [6.07, 6.45) is 0. The molecule has 0 aliphatic rings. The summed E-state index contributed by atoms with van der Waals surface area (Å²) in [4.78, 5) is 21.3. The monoisotopic (exact) mass is 269 g/mol. The maximum absolute atomic E-state index is 11.0. The van der Waals surface area contributed by atoms with Gasteiger partial charge in [0, 0.05) is 12.1 Å². The van der Waals surface area contributed by atoms with Crippen LogP contribution >= 0.6 is 0 Å².